The van der Waals surface area contributed by atoms with Crippen LogP contribution >= 0.6 is 11.3 Å². The summed E-state index contributed by atoms with van der Waals surface area (Å²) >= 11 is 1.77. The predicted molar refractivity (Wildman–Crippen MR) is 77.4 cm³/mol. The molecule has 6 heteroatoms. The van der Waals surface area contributed by atoms with Gasteiger partial charge in [0.05, 0.1) is 4.90 Å². The van der Waals surface area contributed by atoms with E-state index in [2.05, 4.69) is 24.4 Å². The molecule has 0 saturated heterocycles. The van der Waals surface area contributed by atoms with E-state index >= 15 is 0 Å². The van der Waals surface area contributed by atoms with Crippen molar-refractivity contribution in [3.8, 4) is 0 Å². The van der Waals surface area contributed by atoms with Crippen molar-refractivity contribution >= 4 is 21.4 Å². The summed E-state index contributed by atoms with van der Waals surface area (Å²) in [4.78, 5) is 2.73. The highest BCUT2D eigenvalue weighted by Gasteiger charge is 2.06. The van der Waals surface area contributed by atoms with Crippen LogP contribution in [0.2, 0.25) is 0 Å². The van der Waals surface area contributed by atoms with Crippen LogP contribution < -0.4 is 10.5 Å². The van der Waals surface area contributed by atoms with E-state index in [1.165, 1.54) is 21.9 Å². The molecular formula is C13H16N2O2S2. The lowest BCUT2D eigenvalue weighted by Crippen LogP contribution is -2.13. The van der Waals surface area contributed by atoms with Crippen molar-refractivity contribution in [2.45, 2.75) is 24.9 Å². The van der Waals surface area contributed by atoms with Gasteiger partial charge in [0, 0.05) is 22.8 Å². The molecule has 0 unspecified atom stereocenters. The molecule has 0 fully saturated rings. The van der Waals surface area contributed by atoms with Gasteiger partial charge in [-0.05, 0) is 36.8 Å². The van der Waals surface area contributed by atoms with Crippen LogP contribution in [0.25, 0.3) is 0 Å². The molecule has 0 radical (unpaired) electrons. The van der Waals surface area contributed by atoms with Gasteiger partial charge in [-0.3, -0.25) is 0 Å². The molecule has 4 nitrogen and oxygen atoms in total. The van der Waals surface area contributed by atoms with E-state index in [4.69, 9.17) is 5.14 Å². The number of nitrogens with one attached hydrogen (secondary N) is 1. The molecule has 0 spiro atoms. The summed E-state index contributed by atoms with van der Waals surface area (Å²) in [6, 6.07) is 10.8. The minimum atomic E-state index is -3.60. The molecule has 0 aliphatic rings. The van der Waals surface area contributed by atoms with Crippen LogP contribution in [0.1, 0.15) is 15.3 Å². The van der Waals surface area contributed by atoms with Crippen molar-refractivity contribution in [1.29, 1.82) is 0 Å². The lowest BCUT2D eigenvalue weighted by molar-refractivity contribution is 0.597. The van der Waals surface area contributed by atoms with Gasteiger partial charge >= 0.3 is 0 Å². The first-order valence-electron chi connectivity index (χ1n) is 5.83. The highest BCUT2D eigenvalue weighted by molar-refractivity contribution is 7.89. The second kappa shape index (κ2) is 5.83. The number of benzene rings is 1. The maximum absolute atomic E-state index is 11.1. The van der Waals surface area contributed by atoms with Crippen LogP contribution in [-0.4, -0.2) is 8.42 Å². The molecule has 0 aliphatic heterocycles. The Bertz CT molecular complexity index is 646. The van der Waals surface area contributed by atoms with E-state index in [1.54, 1.807) is 23.5 Å². The second-order valence-electron chi connectivity index (χ2n) is 4.30. The zero-order chi connectivity index (χ0) is 13.9. The van der Waals surface area contributed by atoms with E-state index < -0.39 is 10.0 Å². The average Bonchev–Trinajstić information content (AvgIpc) is 2.75. The van der Waals surface area contributed by atoms with Crippen LogP contribution in [0.3, 0.4) is 0 Å². The Morgan fingerprint density at radius 1 is 1.11 bits per heavy atom. The molecule has 0 amide bonds. The van der Waals surface area contributed by atoms with Gasteiger partial charge in [-0.15, -0.1) is 11.3 Å². The zero-order valence-electron chi connectivity index (χ0n) is 10.6. The van der Waals surface area contributed by atoms with Crippen molar-refractivity contribution in [2.24, 2.45) is 5.14 Å². The van der Waals surface area contributed by atoms with E-state index in [-0.39, 0.29) is 4.90 Å². The number of rotatable bonds is 5. The van der Waals surface area contributed by atoms with Gasteiger partial charge in [-0.25, -0.2) is 13.6 Å². The lowest BCUT2D eigenvalue weighted by Gasteiger charge is -2.04. The first-order chi connectivity index (χ1) is 8.95. The fraction of sp³-hybridized carbons (Fsp3) is 0.231. The number of aryl methyl sites for hydroxylation is 1. The van der Waals surface area contributed by atoms with Gasteiger partial charge in [-0.2, -0.15) is 0 Å². The quantitative estimate of drug-likeness (QED) is 0.886. The molecule has 1 aromatic carbocycles. The summed E-state index contributed by atoms with van der Waals surface area (Å²) in [5.74, 6) is 0. The summed E-state index contributed by atoms with van der Waals surface area (Å²) in [5.41, 5.74) is 1.03. The largest absolute Gasteiger partial charge is 0.308 e. The van der Waals surface area contributed by atoms with Gasteiger partial charge in [-0.1, -0.05) is 12.1 Å². The number of thiophene rings is 1. The van der Waals surface area contributed by atoms with E-state index in [0.29, 0.717) is 6.54 Å². The summed E-state index contributed by atoms with van der Waals surface area (Å²) in [5, 5.41) is 8.36. The van der Waals surface area contributed by atoms with Gasteiger partial charge in [0.25, 0.3) is 0 Å². The molecule has 0 atom stereocenters. The molecule has 3 N–H and O–H groups in total. The van der Waals surface area contributed by atoms with Crippen LogP contribution in [0.4, 0.5) is 0 Å². The van der Waals surface area contributed by atoms with Crippen molar-refractivity contribution < 1.29 is 8.42 Å². The van der Waals surface area contributed by atoms with Crippen molar-refractivity contribution in [3.05, 3.63) is 51.7 Å². The Hall–Kier alpha value is -1.21. The minimum Gasteiger partial charge on any atom is -0.308 e. The van der Waals surface area contributed by atoms with Crippen molar-refractivity contribution in [1.82, 2.24) is 5.32 Å². The number of nitrogens with two attached hydrogens (primary N) is 1. The summed E-state index contributed by atoms with van der Waals surface area (Å²) in [6.45, 7) is 3.59. The van der Waals surface area contributed by atoms with Gasteiger partial charge in [0.15, 0.2) is 0 Å². The van der Waals surface area contributed by atoms with Crippen LogP contribution in [0.5, 0.6) is 0 Å². The molecule has 1 heterocycles. The van der Waals surface area contributed by atoms with Gasteiger partial charge < -0.3 is 5.32 Å². The molecule has 2 aromatic rings. The zero-order valence-corrected chi connectivity index (χ0v) is 12.2. The average molecular weight is 296 g/mol. The molecule has 102 valence electrons. The SMILES string of the molecule is Cc1ccc(CNCc2ccc(S(N)(=O)=O)cc2)s1. The molecule has 0 aliphatic carbocycles. The minimum absolute atomic E-state index is 0.144. The third kappa shape index (κ3) is 4.14. The summed E-state index contributed by atoms with van der Waals surface area (Å²) in [6.07, 6.45) is 0. The van der Waals surface area contributed by atoms with Crippen molar-refractivity contribution in [3.63, 3.8) is 0 Å². The highest BCUT2D eigenvalue weighted by Crippen LogP contribution is 2.15. The number of sulfonamides is 1. The first kappa shape index (κ1) is 14.2. The topological polar surface area (TPSA) is 72.2 Å². The van der Waals surface area contributed by atoms with E-state index in [9.17, 15) is 8.42 Å². The Kier molecular flexibility index (Phi) is 4.36. The second-order valence-corrected chi connectivity index (χ2v) is 7.24. The molecule has 1 aromatic heterocycles. The summed E-state index contributed by atoms with van der Waals surface area (Å²) in [7, 11) is -3.60. The fourth-order valence-electron chi connectivity index (χ4n) is 1.71. The van der Waals surface area contributed by atoms with E-state index in [1.807, 2.05) is 0 Å². The maximum Gasteiger partial charge on any atom is 0.238 e. The Labute approximate surface area is 117 Å². The van der Waals surface area contributed by atoms with Crippen LogP contribution in [0, 0.1) is 6.92 Å². The monoisotopic (exact) mass is 296 g/mol. The lowest BCUT2D eigenvalue weighted by atomic mass is 10.2. The van der Waals surface area contributed by atoms with Gasteiger partial charge in [0.2, 0.25) is 10.0 Å². The molecule has 19 heavy (non-hydrogen) atoms. The fourth-order valence-corrected chi connectivity index (χ4v) is 3.08. The third-order valence-electron chi connectivity index (χ3n) is 2.68. The normalized spacial score (nSPS) is 11.7. The van der Waals surface area contributed by atoms with Gasteiger partial charge in [0.1, 0.15) is 0 Å². The Morgan fingerprint density at radius 3 is 2.32 bits per heavy atom. The molecule has 0 saturated carbocycles. The first-order valence-corrected chi connectivity index (χ1v) is 8.19. The molecule has 0 bridgehead atoms. The third-order valence-corrected chi connectivity index (χ3v) is 4.61. The number of hydrogen-bond donors (Lipinski definition) is 2. The van der Waals surface area contributed by atoms with Crippen molar-refractivity contribution in [2.75, 3.05) is 0 Å². The Morgan fingerprint density at radius 2 is 1.79 bits per heavy atom. The summed E-state index contributed by atoms with van der Waals surface area (Å²) < 4.78 is 22.2. The smallest absolute Gasteiger partial charge is 0.238 e. The molecule has 2 rings (SSSR count). The molecular weight excluding hydrogens is 280 g/mol. The standard InChI is InChI=1S/C13H16N2O2S2/c1-10-2-5-12(18-10)9-15-8-11-3-6-13(7-4-11)19(14,16)17/h2-7,15H,8-9H2,1H3,(H2,14,16,17). The highest BCUT2D eigenvalue weighted by atomic mass is 32.2. The van der Waals surface area contributed by atoms with Crippen LogP contribution in [-0.2, 0) is 23.1 Å². The maximum atomic E-state index is 11.1. The van der Waals surface area contributed by atoms with E-state index in [0.717, 1.165) is 12.1 Å². The number of hydrogen-bond acceptors (Lipinski definition) is 4. The van der Waals surface area contributed by atoms with Crippen LogP contribution in [0.15, 0.2) is 41.3 Å². The predicted octanol–water partition coefficient (Wildman–Crippen LogP) is 1.99. The number of primary sulfonamides is 1. The Balaban J connectivity index is 1.90.